The van der Waals surface area contributed by atoms with E-state index in [4.69, 9.17) is 9.47 Å². The number of urea groups is 1. The van der Waals surface area contributed by atoms with Gasteiger partial charge in [0.15, 0.2) is 0 Å². The van der Waals surface area contributed by atoms with Crippen molar-refractivity contribution in [2.24, 2.45) is 5.92 Å². The molecular formula is C32H36FN5O6. The summed E-state index contributed by atoms with van der Waals surface area (Å²) in [6.07, 6.45) is 0.0871. The van der Waals surface area contributed by atoms with Crippen molar-refractivity contribution in [2.45, 2.75) is 32.0 Å². The van der Waals surface area contributed by atoms with Crippen LogP contribution in [0.5, 0.6) is 5.88 Å². The molecule has 5 rings (SSSR count). The summed E-state index contributed by atoms with van der Waals surface area (Å²) in [6, 6.07) is 13.1. The number of carbonyl (C=O) groups excluding carboxylic acids is 3. The highest BCUT2D eigenvalue weighted by Gasteiger charge is 2.39. The van der Waals surface area contributed by atoms with E-state index in [1.165, 1.54) is 26.1 Å². The Morgan fingerprint density at radius 1 is 1.11 bits per heavy atom. The highest BCUT2D eigenvalue weighted by atomic mass is 19.1. The zero-order valence-corrected chi connectivity index (χ0v) is 25.1. The number of aliphatic hydroxyl groups excluding tert-OH is 1. The number of imide groups is 1. The molecule has 2 aromatic carbocycles. The van der Waals surface area contributed by atoms with Crippen LogP contribution in [0.3, 0.4) is 0 Å². The van der Waals surface area contributed by atoms with Gasteiger partial charge in [0.1, 0.15) is 11.7 Å². The highest BCUT2D eigenvalue weighted by molar-refractivity contribution is 6.12. The zero-order chi connectivity index (χ0) is 31.5. The molecular weight excluding hydrogens is 569 g/mol. The molecule has 3 heterocycles. The number of nitrogens with zero attached hydrogens (tertiary/aromatic N) is 3. The standard InChI is InChI=1S/C32H36FN5O6/c1-18-20(7-6-10-24(18)35-29(40)23-16-37(2)32(42)38(3)31(23)41)21-8-5-9-22(28(21)33)25-12-11-19(30(36-25)43-4)15-34-26-13-14-44-17-27(26)39/h5-12,23,26-27,34,39H,13-17H2,1-4H3,(H,35,40)/t23?,26-,27+/m1/s1. The van der Waals surface area contributed by atoms with Crippen LogP contribution in [0.4, 0.5) is 14.9 Å². The zero-order valence-electron chi connectivity index (χ0n) is 25.1. The number of hydrogen-bond acceptors (Lipinski definition) is 8. The lowest BCUT2D eigenvalue weighted by Gasteiger charge is -2.33. The van der Waals surface area contributed by atoms with Gasteiger partial charge in [-0.2, -0.15) is 0 Å². The van der Waals surface area contributed by atoms with E-state index in [1.807, 2.05) is 6.07 Å². The van der Waals surface area contributed by atoms with Crippen molar-refractivity contribution >= 4 is 23.5 Å². The number of nitrogens with one attached hydrogen (secondary N) is 2. The van der Waals surface area contributed by atoms with Gasteiger partial charge in [-0.3, -0.25) is 14.5 Å². The summed E-state index contributed by atoms with van der Waals surface area (Å²) in [5.74, 6) is -2.34. The summed E-state index contributed by atoms with van der Waals surface area (Å²) < 4.78 is 27.0. The maximum atomic E-state index is 16.1. The van der Waals surface area contributed by atoms with Crippen LogP contribution in [-0.4, -0.2) is 90.8 Å². The number of pyridine rings is 1. The minimum Gasteiger partial charge on any atom is -0.481 e. The molecule has 2 aliphatic rings. The van der Waals surface area contributed by atoms with E-state index in [2.05, 4.69) is 15.6 Å². The number of methoxy groups -OCH3 is 1. The Balaban J connectivity index is 1.38. The van der Waals surface area contributed by atoms with Crippen LogP contribution in [0.25, 0.3) is 22.4 Å². The number of anilines is 1. The largest absolute Gasteiger partial charge is 0.481 e. The Morgan fingerprint density at radius 2 is 1.84 bits per heavy atom. The summed E-state index contributed by atoms with van der Waals surface area (Å²) in [4.78, 5) is 44.6. The van der Waals surface area contributed by atoms with Crippen molar-refractivity contribution < 1.29 is 33.4 Å². The van der Waals surface area contributed by atoms with Crippen LogP contribution in [-0.2, 0) is 20.9 Å². The third-order valence-corrected chi connectivity index (χ3v) is 8.18. The average Bonchev–Trinajstić information content (AvgIpc) is 3.02. The molecule has 4 amide bonds. The van der Waals surface area contributed by atoms with Crippen LogP contribution < -0.4 is 15.4 Å². The van der Waals surface area contributed by atoms with Crippen LogP contribution in [0, 0.1) is 18.7 Å². The second kappa shape index (κ2) is 13.1. The third-order valence-electron chi connectivity index (χ3n) is 8.18. The minimum atomic E-state index is -1.06. The van der Waals surface area contributed by atoms with Gasteiger partial charge in [0, 0.05) is 62.2 Å². The number of rotatable bonds is 8. The highest BCUT2D eigenvalue weighted by Crippen LogP contribution is 2.35. The summed E-state index contributed by atoms with van der Waals surface area (Å²) in [6.45, 7) is 3.00. The summed E-state index contributed by atoms with van der Waals surface area (Å²) in [7, 11) is 4.38. The minimum absolute atomic E-state index is 0.0357. The third kappa shape index (κ3) is 6.14. The number of aromatic nitrogens is 1. The molecule has 3 N–H and O–H groups in total. The molecule has 2 saturated heterocycles. The molecule has 11 nitrogen and oxygen atoms in total. The molecule has 0 saturated carbocycles. The molecule has 3 aromatic rings. The van der Waals surface area contributed by atoms with Gasteiger partial charge in [-0.05, 0) is 42.7 Å². The molecule has 0 bridgehead atoms. The fraction of sp³-hybridized carbons (Fsp3) is 0.375. The van der Waals surface area contributed by atoms with Gasteiger partial charge in [-0.15, -0.1) is 0 Å². The maximum Gasteiger partial charge on any atom is 0.326 e. The second-order valence-corrected chi connectivity index (χ2v) is 11.0. The van der Waals surface area contributed by atoms with E-state index in [0.717, 1.165) is 10.5 Å². The molecule has 44 heavy (non-hydrogen) atoms. The van der Waals surface area contributed by atoms with Gasteiger partial charge >= 0.3 is 6.03 Å². The smallest absolute Gasteiger partial charge is 0.326 e. The molecule has 12 heteroatoms. The SMILES string of the molecule is COc1nc(-c2cccc(-c3cccc(NC(=O)C4CN(C)C(=O)N(C)C4=O)c3C)c2F)ccc1CN[C@@H]1CCOC[C@@H]1O. The molecule has 0 aliphatic carbocycles. The maximum absolute atomic E-state index is 16.1. The molecule has 0 radical (unpaired) electrons. The Kier molecular flexibility index (Phi) is 9.23. The monoisotopic (exact) mass is 605 g/mol. The first-order chi connectivity index (χ1) is 21.1. The number of benzene rings is 2. The number of ether oxygens (including phenoxy) is 2. The van der Waals surface area contributed by atoms with E-state index < -0.39 is 35.7 Å². The lowest BCUT2D eigenvalue weighted by Crippen LogP contribution is -2.56. The topological polar surface area (TPSA) is 133 Å². The number of aliphatic hydroxyl groups is 1. The van der Waals surface area contributed by atoms with Gasteiger partial charge in [0.25, 0.3) is 0 Å². The van der Waals surface area contributed by atoms with E-state index in [9.17, 15) is 19.5 Å². The predicted octanol–water partition coefficient (Wildman–Crippen LogP) is 3.19. The lowest BCUT2D eigenvalue weighted by molar-refractivity contribution is -0.140. The van der Waals surface area contributed by atoms with Gasteiger partial charge < -0.3 is 30.1 Å². The van der Waals surface area contributed by atoms with E-state index in [0.29, 0.717) is 53.5 Å². The summed E-state index contributed by atoms with van der Waals surface area (Å²) in [5.41, 5.74) is 3.34. The predicted molar refractivity (Wildman–Crippen MR) is 161 cm³/mol. The van der Waals surface area contributed by atoms with E-state index in [1.54, 1.807) is 49.4 Å². The molecule has 2 aliphatic heterocycles. The normalized spacial score (nSPS) is 20.5. The number of halogens is 1. The van der Waals surface area contributed by atoms with Gasteiger partial charge in [0.05, 0.1) is 25.5 Å². The Morgan fingerprint density at radius 3 is 2.59 bits per heavy atom. The van der Waals surface area contributed by atoms with Crippen molar-refractivity contribution in [3.8, 4) is 28.3 Å². The molecule has 2 fully saturated rings. The van der Waals surface area contributed by atoms with Crippen LogP contribution >= 0.6 is 0 Å². The Labute approximate surface area is 255 Å². The number of amides is 4. The Bertz CT molecular complexity index is 1580. The van der Waals surface area contributed by atoms with E-state index >= 15 is 4.39 Å². The molecule has 0 spiro atoms. The van der Waals surface area contributed by atoms with Crippen molar-refractivity contribution in [3.05, 3.63) is 65.5 Å². The lowest BCUT2D eigenvalue weighted by atomic mass is 9.95. The first-order valence-corrected chi connectivity index (χ1v) is 14.4. The summed E-state index contributed by atoms with van der Waals surface area (Å²) in [5, 5.41) is 16.3. The van der Waals surface area contributed by atoms with E-state index in [-0.39, 0.29) is 24.8 Å². The Hall–Kier alpha value is -4.39. The van der Waals surface area contributed by atoms with Crippen LogP contribution in [0.1, 0.15) is 17.5 Å². The van der Waals surface area contributed by atoms with Gasteiger partial charge in [-0.1, -0.05) is 30.3 Å². The fourth-order valence-electron chi connectivity index (χ4n) is 5.56. The van der Waals surface area contributed by atoms with Crippen LogP contribution in [0.2, 0.25) is 0 Å². The molecule has 1 unspecified atom stereocenters. The van der Waals surface area contributed by atoms with Gasteiger partial charge in [0.2, 0.25) is 17.7 Å². The quantitative estimate of drug-likeness (QED) is 0.334. The first-order valence-electron chi connectivity index (χ1n) is 14.4. The second-order valence-electron chi connectivity index (χ2n) is 11.0. The number of hydrogen-bond donors (Lipinski definition) is 3. The summed E-state index contributed by atoms with van der Waals surface area (Å²) >= 11 is 0. The average molecular weight is 606 g/mol. The van der Waals surface area contributed by atoms with Crippen molar-refractivity contribution in [1.29, 1.82) is 0 Å². The molecule has 1 aromatic heterocycles. The van der Waals surface area contributed by atoms with Crippen molar-refractivity contribution in [2.75, 3.05) is 46.3 Å². The van der Waals surface area contributed by atoms with Crippen molar-refractivity contribution in [3.63, 3.8) is 0 Å². The first kappa shape index (κ1) is 31.0. The van der Waals surface area contributed by atoms with Gasteiger partial charge in [-0.25, -0.2) is 14.2 Å². The van der Waals surface area contributed by atoms with Crippen molar-refractivity contribution in [1.82, 2.24) is 20.1 Å². The molecule has 232 valence electrons. The number of carbonyl (C=O) groups is 3. The molecule has 3 atom stereocenters. The fourth-order valence-corrected chi connectivity index (χ4v) is 5.56. The van der Waals surface area contributed by atoms with Crippen LogP contribution in [0.15, 0.2) is 48.5 Å².